The number of hydrogen-bond donors (Lipinski definition) is 0. The Labute approximate surface area is 101 Å². The fourth-order valence-corrected chi connectivity index (χ4v) is 1.18. The highest BCUT2D eigenvalue weighted by Crippen LogP contribution is 2.26. The van der Waals surface area contributed by atoms with Gasteiger partial charge in [0.2, 0.25) is 0 Å². The molecule has 0 atom stereocenters. The summed E-state index contributed by atoms with van der Waals surface area (Å²) in [4.78, 5) is 16.2. The Morgan fingerprint density at radius 1 is 1.24 bits per heavy atom. The largest absolute Gasteiger partial charge is 0.490 e. The lowest BCUT2D eigenvalue weighted by Gasteiger charge is -2.15. The first kappa shape index (κ1) is 13.3. The zero-order valence-electron chi connectivity index (χ0n) is 10.3. The maximum absolute atomic E-state index is 11.5. The number of carbonyl (C=O) groups excluding carboxylic acids is 1. The summed E-state index contributed by atoms with van der Waals surface area (Å²) in [5, 5.41) is 1.11. The number of hydroxylamine groups is 2. The van der Waals surface area contributed by atoms with E-state index < -0.39 is 0 Å². The summed E-state index contributed by atoms with van der Waals surface area (Å²) in [6.07, 6.45) is 0. The van der Waals surface area contributed by atoms with Gasteiger partial charge >= 0.3 is 0 Å². The SMILES string of the molecule is CCOc1ccccc1OCC(=O)N(C)OC. The van der Waals surface area contributed by atoms with E-state index in [1.54, 1.807) is 12.1 Å². The Kier molecular flexibility index (Phi) is 5.29. The zero-order valence-corrected chi connectivity index (χ0v) is 10.3. The maximum Gasteiger partial charge on any atom is 0.283 e. The van der Waals surface area contributed by atoms with Crippen molar-refractivity contribution in [3.63, 3.8) is 0 Å². The molecule has 0 saturated heterocycles. The van der Waals surface area contributed by atoms with Crippen molar-refractivity contribution in [1.82, 2.24) is 5.06 Å². The molecule has 0 heterocycles. The standard InChI is InChI=1S/C12H17NO4/c1-4-16-10-7-5-6-8-11(10)17-9-12(14)13(2)15-3/h5-8H,4,9H2,1-3H3. The first-order valence-corrected chi connectivity index (χ1v) is 5.34. The molecule has 0 radical (unpaired) electrons. The van der Waals surface area contributed by atoms with E-state index in [-0.39, 0.29) is 12.5 Å². The van der Waals surface area contributed by atoms with Crippen LogP contribution in [0.5, 0.6) is 11.5 Å². The molecule has 94 valence electrons. The Hall–Kier alpha value is -1.75. The molecule has 0 saturated carbocycles. The third kappa shape index (κ3) is 3.96. The first-order valence-electron chi connectivity index (χ1n) is 5.34. The van der Waals surface area contributed by atoms with Crippen LogP contribution in [0.1, 0.15) is 6.92 Å². The van der Waals surface area contributed by atoms with E-state index in [1.807, 2.05) is 19.1 Å². The summed E-state index contributed by atoms with van der Waals surface area (Å²) in [5.74, 6) is 0.911. The molecule has 0 spiro atoms. The van der Waals surface area contributed by atoms with Crippen LogP contribution >= 0.6 is 0 Å². The first-order chi connectivity index (χ1) is 8.19. The van der Waals surface area contributed by atoms with Gasteiger partial charge < -0.3 is 9.47 Å². The molecule has 1 aromatic rings. The van der Waals surface area contributed by atoms with Gasteiger partial charge in [0.05, 0.1) is 13.7 Å². The van der Waals surface area contributed by atoms with Gasteiger partial charge in [0.25, 0.3) is 5.91 Å². The van der Waals surface area contributed by atoms with Gasteiger partial charge in [-0.05, 0) is 19.1 Å². The smallest absolute Gasteiger partial charge is 0.283 e. The summed E-state index contributed by atoms with van der Waals surface area (Å²) in [6.45, 7) is 2.35. The van der Waals surface area contributed by atoms with Crippen LogP contribution in [0.25, 0.3) is 0 Å². The molecule has 1 amide bonds. The van der Waals surface area contributed by atoms with E-state index in [0.29, 0.717) is 18.1 Å². The molecular weight excluding hydrogens is 222 g/mol. The normalized spacial score (nSPS) is 9.82. The summed E-state index contributed by atoms with van der Waals surface area (Å²) in [7, 11) is 2.95. The van der Waals surface area contributed by atoms with Gasteiger partial charge in [0, 0.05) is 7.05 Å². The fraction of sp³-hybridized carbons (Fsp3) is 0.417. The number of amides is 1. The second kappa shape index (κ2) is 6.75. The number of benzene rings is 1. The van der Waals surface area contributed by atoms with Crippen LogP contribution in [-0.2, 0) is 9.63 Å². The molecule has 0 aliphatic carbocycles. The Balaban J connectivity index is 2.59. The molecule has 0 bridgehead atoms. The van der Waals surface area contributed by atoms with Crippen molar-refractivity contribution in [1.29, 1.82) is 0 Å². The third-order valence-electron chi connectivity index (χ3n) is 2.13. The van der Waals surface area contributed by atoms with Crippen LogP contribution in [0.3, 0.4) is 0 Å². The fourth-order valence-electron chi connectivity index (χ4n) is 1.18. The lowest BCUT2D eigenvalue weighted by molar-refractivity contribution is -0.170. The Morgan fingerprint density at radius 3 is 2.35 bits per heavy atom. The van der Waals surface area contributed by atoms with Crippen molar-refractivity contribution in [3.05, 3.63) is 24.3 Å². The van der Waals surface area contributed by atoms with Crippen molar-refractivity contribution >= 4 is 5.91 Å². The molecule has 17 heavy (non-hydrogen) atoms. The van der Waals surface area contributed by atoms with Gasteiger partial charge in [-0.3, -0.25) is 9.63 Å². The van der Waals surface area contributed by atoms with Crippen LogP contribution < -0.4 is 9.47 Å². The maximum atomic E-state index is 11.5. The zero-order chi connectivity index (χ0) is 12.7. The minimum atomic E-state index is -0.265. The molecule has 0 aromatic heterocycles. The lowest BCUT2D eigenvalue weighted by Crippen LogP contribution is -2.30. The summed E-state index contributed by atoms with van der Waals surface area (Å²) in [5.41, 5.74) is 0. The molecule has 5 heteroatoms. The van der Waals surface area contributed by atoms with Gasteiger partial charge in [-0.25, -0.2) is 5.06 Å². The van der Waals surface area contributed by atoms with E-state index in [1.165, 1.54) is 14.2 Å². The molecule has 0 fully saturated rings. The molecule has 0 aliphatic heterocycles. The van der Waals surface area contributed by atoms with E-state index in [9.17, 15) is 4.79 Å². The van der Waals surface area contributed by atoms with Gasteiger partial charge in [0.15, 0.2) is 18.1 Å². The van der Waals surface area contributed by atoms with Gasteiger partial charge in [0.1, 0.15) is 0 Å². The van der Waals surface area contributed by atoms with Crippen molar-refractivity contribution in [3.8, 4) is 11.5 Å². The van der Waals surface area contributed by atoms with Gasteiger partial charge in [-0.2, -0.15) is 0 Å². The van der Waals surface area contributed by atoms with Crippen LogP contribution in [0.15, 0.2) is 24.3 Å². The van der Waals surface area contributed by atoms with Crippen molar-refractivity contribution < 1.29 is 19.1 Å². The van der Waals surface area contributed by atoms with Crippen LogP contribution in [0.4, 0.5) is 0 Å². The highest BCUT2D eigenvalue weighted by molar-refractivity contribution is 5.76. The van der Waals surface area contributed by atoms with Gasteiger partial charge in [-0.1, -0.05) is 12.1 Å². The quantitative estimate of drug-likeness (QED) is 0.705. The third-order valence-corrected chi connectivity index (χ3v) is 2.13. The van der Waals surface area contributed by atoms with E-state index in [4.69, 9.17) is 14.3 Å². The number of hydrogen-bond acceptors (Lipinski definition) is 4. The monoisotopic (exact) mass is 239 g/mol. The van der Waals surface area contributed by atoms with Crippen molar-refractivity contribution in [2.75, 3.05) is 27.4 Å². The number of para-hydroxylation sites is 2. The van der Waals surface area contributed by atoms with Crippen LogP contribution in [-0.4, -0.2) is 38.3 Å². The summed E-state index contributed by atoms with van der Waals surface area (Å²) < 4.78 is 10.8. The average molecular weight is 239 g/mol. The Bertz CT molecular complexity index is 367. The Morgan fingerprint density at radius 2 is 1.82 bits per heavy atom. The van der Waals surface area contributed by atoms with Crippen LogP contribution in [0, 0.1) is 0 Å². The summed E-state index contributed by atoms with van der Waals surface area (Å²) in [6, 6.07) is 7.22. The predicted octanol–water partition coefficient (Wildman–Crippen LogP) is 1.48. The van der Waals surface area contributed by atoms with Gasteiger partial charge in [-0.15, -0.1) is 0 Å². The molecular formula is C12H17NO4. The number of carbonyl (C=O) groups is 1. The molecule has 0 unspecified atom stereocenters. The second-order valence-corrected chi connectivity index (χ2v) is 3.24. The molecule has 0 N–H and O–H groups in total. The topological polar surface area (TPSA) is 48.0 Å². The van der Waals surface area contributed by atoms with E-state index in [0.717, 1.165) is 5.06 Å². The number of ether oxygens (including phenoxy) is 2. The molecule has 1 rings (SSSR count). The highest BCUT2D eigenvalue weighted by atomic mass is 16.7. The second-order valence-electron chi connectivity index (χ2n) is 3.24. The highest BCUT2D eigenvalue weighted by Gasteiger charge is 2.10. The molecule has 1 aromatic carbocycles. The van der Waals surface area contributed by atoms with Crippen molar-refractivity contribution in [2.24, 2.45) is 0 Å². The van der Waals surface area contributed by atoms with E-state index >= 15 is 0 Å². The minimum absolute atomic E-state index is 0.0889. The number of rotatable bonds is 6. The van der Waals surface area contributed by atoms with Crippen LogP contribution in [0.2, 0.25) is 0 Å². The molecule has 0 aliphatic rings. The lowest BCUT2D eigenvalue weighted by atomic mass is 10.3. The minimum Gasteiger partial charge on any atom is -0.490 e. The number of likely N-dealkylation sites (N-methyl/N-ethyl adjacent to an activating group) is 1. The molecule has 5 nitrogen and oxygen atoms in total. The predicted molar refractivity (Wildman–Crippen MR) is 62.9 cm³/mol. The van der Waals surface area contributed by atoms with Crippen molar-refractivity contribution in [2.45, 2.75) is 6.92 Å². The summed E-state index contributed by atoms with van der Waals surface area (Å²) >= 11 is 0. The average Bonchev–Trinajstić information content (AvgIpc) is 2.36. The number of nitrogens with zero attached hydrogens (tertiary/aromatic N) is 1. The van der Waals surface area contributed by atoms with E-state index in [2.05, 4.69) is 0 Å².